The fourth-order valence-electron chi connectivity index (χ4n) is 1.85. The van der Waals surface area contributed by atoms with Crippen LogP contribution in [0.4, 0.5) is 0 Å². The molecule has 3 rings (SSSR count). The lowest BCUT2D eigenvalue weighted by molar-refractivity contribution is 0.0697. The number of hydrogen-bond acceptors (Lipinski definition) is 6. The highest BCUT2D eigenvalue weighted by Gasteiger charge is 2.11. The van der Waals surface area contributed by atoms with Crippen molar-refractivity contribution < 1.29 is 14.4 Å². The summed E-state index contributed by atoms with van der Waals surface area (Å²) >= 11 is 1.58. The van der Waals surface area contributed by atoms with Gasteiger partial charge in [0.1, 0.15) is 0 Å². The molecule has 0 unspecified atom stereocenters. The molecule has 0 aliphatic heterocycles. The monoisotopic (exact) mass is 301 g/mol. The molecular formula is C14H11N3O3S. The predicted molar refractivity (Wildman–Crippen MR) is 76.4 cm³/mol. The van der Waals surface area contributed by atoms with E-state index in [-0.39, 0.29) is 5.56 Å². The number of benzene rings is 1. The maximum absolute atomic E-state index is 10.8. The van der Waals surface area contributed by atoms with Crippen LogP contribution in [0.1, 0.15) is 26.9 Å². The van der Waals surface area contributed by atoms with E-state index in [1.54, 1.807) is 23.5 Å². The van der Waals surface area contributed by atoms with Crippen molar-refractivity contribution in [2.24, 2.45) is 0 Å². The fraction of sp³-hybridized carbons (Fsp3) is 0.143. The van der Waals surface area contributed by atoms with Crippen molar-refractivity contribution in [2.45, 2.75) is 13.3 Å². The van der Waals surface area contributed by atoms with Gasteiger partial charge in [-0.05, 0) is 31.2 Å². The average Bonchev–Trinajstić information content (AvgIpc) is 3.09. The van der Waals surface area contributed by atoms with Crippen molar-refractivity contribution in [3.05, 3.63) is 51.7 Å². The van der Waals surface area contributed by atoms with Crippen molar-refractivity contribution in [1.82, 2.24) is 15.1 Å². The first-order valence-corrected chi connectivity index (χ1v) is 7.07. The molecule has 21 heavy (non-hydrogen) atoms. The molecule has 1 N–H and O–H groups in total. The number of aromatic carboxylic acids is 1. The van der Waals surface area contributed by atoms with Crippen LogP contribution in [-0.2, 0) is 6.42 Å². The molecule has 2 heterocycles. The lowest BCUT2D eigenvalue weighted by Gasteiger charge is -1.95. The second-order valence-electron chi connectivity index (χ2n) is 4.43. The van der Waals surface area contributed by atoms with Crippen molar-refractivity contribution in [2.75, 3.05) is 0 Å². The molecule has 0 fully saturated rings. The Bertz CT molecular complexity index is 777. The van der Waals surface area contributed by atoms with E-state index in [1.165, 1.54) is 12.1 Å². The number of hydrogen-bond donors (Lipinski definition) is 1. The molecule has 0 amide bonds. The molecule has 0 saturated heterocycles. The highest BCUT2D eigenvalue weighted by Crippen LogP contribution is 2.19. The van der Waals surface area contributed by atoms with Crippen LogP contribution >= 0.6 is 11.3 Å². The van der Waals surface area contributed by atoms with Crippen LogP contribution in [0.3, 0.4) is 0 Å². The first-order chi connectivity index (χ1) is 10.1. The summed E-state index contributed by atoms with van der Waals surface area (Å²) in [4.78, 5) is 19.5. The Labute approximate surface area is 124 Å². The molecule has 0 spiro atoms. The molecule has 0 aliphatic rings. The van der Waals surface area contributed by atoms with Gasteiger partial charge in [-0.3, -0.25) is 0 Å². The maximum atomic E-state index is 10.8. The minimum atomic E-state index is -0.966. The molecule has 0 atom stereocenters. The van der Waals surface area contributed by atoms with Crippen LogP contribution in [0.15, 0.2) is 34.2 Å². The molecule has 1 aromatic carbocycles. The van der Waals surface area contributed by atoms with Gasteiger partial charge in [0.15, 0.2) is 5.82 Å². The molecule has 0 bridgehead atoms. The zero-order valence-electron chi connectivity index (χ0n) is 11.1. The number of aryl methyl sites for hydroxylation is 1. The van der Waals surface area contributed by atoms with Gasteiger partial charge in [-0.1, -0.05) is 5.16 Å². The van der Waals surface area contributed by atoms with E-state index in [2.05, 4.69) is 15.1 Å². The Morgan fingerprint density at radius 2 is 2.05 bits per heavy atom. The lowest BCUT2D eigenvalue weighted by Crippen LogP contribution is -1.95. The number of carbonyl (C=O) groups is 1. The first-order valence-electron chi connectivity index (χ1n) is 6.19. The van der Waals surface area contributed by atoms with Crippen LogP contribution in [0.5, 0.6) is 0 Å². The molecule has 3 aromatic rings. The zero-order valence-corrected chi connectivity index (χ0v) is 11.9. The van der Waals surface area contributed by atoms with Crippen LogP contribution < -0.4 is 0 Å². The van der Waals surface area contributed by atoms with Crippen LogP contribution in [0.2, 0.25) is 0 Å². The fourth-order valence-corrected chi connectivity index (χ4v) is 2.46. The summed E-state index contributed by atoms with van der Waals surface area (Å²) in [6, 6.07) is 6.30. The molecule has 0 saturated carbocycles. The highest BCUT2D eigenvalue weighted by molar-refractivity contribution is 7.09. The van der Waals surface area contributed by atoms with Gasteiger partial charge in [-0.15, -0.1) is 11.3 Å². The minimum Gasteiger partial charge on any atom is -0.478 e. The van der Waals surface area contributed by atoms with Crippen LogP contribution in [0.25, 0.3) is 11.5 Å². The van der Waals surface area contributed by atoms with E-state index in [4.69, 9.17) is 9.63 Å². The van der Waals surface area contributed by atoms with E-state index in [9.17, 15) is 4.79 Å². The zero-order chi connectivity index (χ0) is 14.8. The van der Waals surface area contributed by atoms with E-state index in [0.717, 1.165) is 10.7 Å². The number of thiazole rings is 1. The Morgan fingerprint density at radius 1 is 1.29 bits per heavy atom. The summed E-state index contributed by atoms with van der Waals surface area (Å²) < 4.78 is 5.20. The molecule has 106 valence electrons. The molecule has 6 nitrogen and oxygen atoms in total. The standard InChI is InChI=1S/C14H11N3O3S/c1-8-15-11(7-21-8)6-12-16-13(20-17-12)9-2-4-10(5-3-9)14(18)19/h2-5,7H,6H2,1H3,(H,18,19). The first kappa shape index (κ1) is 13.4. The quantitative estimate of drug-likeness (QED) is 0.797. The SMILES string of the molecule is Cc1nc(Cc2noc(-c3ccc(C(=O)O)cc3)n2)cs1. The lowest BCUT2D eigenvalue weighted by atomic mass is 10.1. The third-order valence-electron chi connectivity index (χ3n) is 2.85. The van der Waals surface area contributed by atoms with Gasteiger partial charge in [0.25, 0.3) is 5.89 Å². The van der Waals surface area contributed by atoms with Gasteiger partial charge in [0.05, 0.1) is 22.7 Å². The Morgan fingerprint density at radius 3 is 2.67 bits per heavy atom. The van der Waals surface area contributed by atoms with Gasteiger partial charge >= 0.3 is 5.97 Å². The summed E-state index contributed by atoms with van der Waals surface area (Å²) in [5.74, 6) is -0.0434. The topological polar surface area (TPSA) is 89.1 Å². The summed E-state index contributed by atoms with van der Waals surface area (Å²) in [6.07, 6.45) is 0.515. The van der Waals surface area contributed by atoms with Gasteiger partial charge < -0.3 is 9.63 Å². The normalized spacial score (nSPS) is 10.7. The second-order valence-corrected chi connectivity index (χ2v) is 5.50. The highest BCUT2D eigenvalue weighted by atomic mass is 32.1. The Balaban J connectivity index is 1.79. The third-order valence-corrected chi connectivity index (χ3v) is 3.68. The maximum Gasteiger partial charge on any atom is 0.335 e. The Hall–Kier alpha value is -2.54. The number of carboxylic acid groups (broad SMARTS) is 1. The number of aromatic nitrogens is 3. The van der Waals surface area contributed by atoms with Crippen LogP contribution in [-0.4, -0.2) is 26.2 Å². The molecule has 7 heteroatoms. The van der Waals surface area contributed by atoms with Crippen molar-refractivity contribution >= 4 is 17.3 Å². The number of carboxylic acids is 1. The van der Waals surface area contributed by atoms with Crippen molar-refractivity contribution in [3.63, 3.8) is 0 Å². The smallest absolute Gasteiger partial charge is 0.335 e. The summed E-state index contributed by atoms with van der Waals surface area (Å²) in [7, 11) is 0. The van der Waals surface area contributed by atoms with Gasteiger partial charge in [0, 0.05) is 10.9 Å². The van der Waals surface area contributed by atoms with Gasteiger partial charge in [0.2, 0.25) is 0 Å². The van der Waals surface area contributed by atoms with E-state index in [0.29, 0.717) is 23.7 Å². The van der Waals surface area contributed by atoms with Gasteiger partial charge in [-0.2, -0.15) is 4.98 Å². The summed E-state index contributed by atoms with van der Waals surface area (Å²) in [6.45, 7) is 1.94. The largest absolute Gasteiger partial charge is 0.478 e. The average molecular weight is 301 g/mol. The Kier molecular flexibility index (Phi) is 3.49. The minimum absolute atomic E-state index is 0.219. The number of rotatable bonds is 4. The predicted octanol–water partition coefficient (Wildman–Crippen LogP) is 2.79. The second kappa shape index (κ2) is 5.45. The third kappa shape index (κ3) is 2.97. The van der Waals surface area contributed by atoms with Crippen molar-refractivity contribution in [3.8, 4) is 11.5 Å². The van der Waals surface area contributed by atoms with Crippen molar-refractivity contribution in [1.29, 1.82) is 0 Å². The van der Waals surface area contributed by atoms with E-state index < -0.39 is 5.97 Å². The van der Waals surface area contributed by atoms with E-state index in [1.807, 2.05) is 12.3 Å². The summed E-state index contributed by atoms with van der Waals surface area (Å²) in [5.41, 5.74) is 1.82. The molecule has 2 aromatic heterocycles. The van der Waals surface area contributed by atoms with E-state index >= 15 is 0 Å². The van der Waals surface area contributed by atoms with Gasteiger partial charge in [-0.25, -0.2) is 9.78 Å². The molecular weight excluding hydrogens is 290 g/mol. The molecule has 0 radical (unpaired) electrons. The summed E-state index contributed by atoms with van der Waals surface area (Å²) in [5, 5.41) is 15.7. The molecule has 0 aliphatic carbocycles. The number of nitrogens with zero attached hydrogens (tertiary/aromatic N) is 3. The van der Waals surface area contributed by atoms with Crippen LogP contribution in [0, 0.1) is 6.92 Å².